The van der Waals surface area contributed by atoms with Gasteiger partial charge in [-0.2, -0.15) is 0 Å². The normalized spacial score (nSPS) is 9.85. The Labute approximate surface area is 117 Å². The lowest BCUT2D eigenvalue weighted by Gasteiger charge is -2.08. The lowest BCUT2D eigenvalue weighted by molar-refractivity contribution is 0.251. The van der Waals surface area contributed by atoms with Crippen LogP contribution in [0.15, 0.2) is 48.5 Å². The van der Waals surface area contributed by atoms with Crippen LogP contribution in [0.25, 0.3) is 0 Å². The van der Waals surface area contributed by atoms with Crippen LogP contribution in [0.3, 0.4) is 0 Å². The monoisotopic (exact) mass is 272 g/mol. The molecule has 0 bridgehead atoms. The Morgan fingerprint density at radius 3 is 2.65 bits per heavy atom. The smallest absolute Gasteiger partial charge is 0.319 e. The first-order chi connectivity index (χ1) is 9.67. The van der Waals surface area contributed by atoms with Gasteiger partial charge in [-0.25, -0.2) is 4.79 Å². The van der Waals surface area contributed by atoms with E-state index in [0.717, 1.165) is 11.3 Å². The molecule has 5 heteroatoms. The average Bonchev–Trinajstić information content (AvgIpc) is 2.48. The van der Waals surface area contributed by atoms with Gasteiger partial charge in [0.15, 0.2) is 0 Å². The van der Waals surface area contributed by atoms with E-state index in [0.29, 0.717) is 12.2 Å². The van der Waals surface area contributed by atoms with Crippen molar-refractivity contribution in [2.24, 2.45) is 0 Å². The lowest BCUT2D eigenvalue weighted by atomic mass is 10.2. The highest BCUT2D eigenvalue weighted by molar-refractivity contribution is 5.89. The fraction of sp³-hybridized carbons (Fsp3) is 0.133. The Kier molecular flexibility index (Phi) is 4.44. The number of urea groups is 1. The minimum Gasteiger partial charge on any atom is -0.508 e. The third-order valence-corrected chi connectivity index (χ3v) is 2.71. The first-order valence-corrected chi connectivity index (χ1v) is 6.14. The first kappa shape index (κ1) is 13.7. The molecule has 0 unspecified atom stereocenters. The summed E-state index contributed by atoms with van der Waals surface area (Å²) in [7, 11) is 1.60. The zero-order valence-electron chi connectivity index (χ0n) is 11.1. The van der Waals surface area contributed by atoms with Crippen molar-refractivity contribution in [2.75, 3.05) is 12.4 Å². The number of ether oxygens (including phenoxy) is 1. The summed E-state index contributed by atoms with van der Waals surface area (Å²) >= 11 is 0. The lowest BCUT2D eigenvalue weighted by Crippen LogP contribution is -2.28. The Morgan fingerprint density at radius 1 is 1.20 bits per heavy atom. The zero-order valence-corrected chi connectivity index (χ0v) is 11.1. The number of carbonyl (C=O) groups excluding carboxylic acids is 1. The summed E-state index contributed by atoms with van der Waals surface area (Å²) in [5.74, 6) is 0.913. The number of aromatic hydroxyl groups is 1. The third-order valence-electron chi connectivity index (χ3n) is 2.71. The van der Waals surface area contributed by atoms with E-state index in [2.05, 4.69) is 10.6 Å². The molecule has 0 saturated carbocycles. The maximum absolute atomic E-state index is 11.7. The highest BCUT2D eigenvalue weighted by atomic mass is 16.5. The van der Waals surface area contributed by atoms with Gasteiger partial charge in [0, 0.05) is 12.2 Å². The van der Waals surface area contributed by atoms with Crippen LogP contribution in [0, 0.1) is 0 Å². The van der Waals surface area contributed by atoms with Gasteiger partial charge >= 0.3 is 6.03 Å². The summed E-state index contributed by atoms with van der Waals surface area (Å²) in [4.78, 5) is 11.7. The molecule has 0 fully saturated rings. The van der Waals surface area contributed by atoms with Gasteiger partial charge in [0.1, 0.15) is 11.5 Å². The molecule has 0 aromatic heterocycles. The number of hydrogen-bond acceptors (Lipinski definition) is 3. The quantitative estimate of drug-likeness (QED) is 0.749. The van der Waals surface area contributed by atoms with Crippen molar-refractivity contribution < 1.29 is 14.6 Å². The van der Waals surface area contributed by atoms with Gasteiger partial charge < -0.3 is 20.5 Å². The average molecular weight is 272 g/mol. The summed E-state index contributed by atoms with van der Waals surface area (Å²) in [6.07, 6.45) is 0. The molecule has 2 aromatic carbocycles. The molecule has 2 amide bonds. The topological polar surface area (TPSA) is 70.6 Å². The van der Waals surface area contributed by atoms with E-state index in [1.54, 1.807) is 19.2 Å². The molecule has 20 heavy (non-hydrogen) atoms. The SMILES string of the molecule is COc1cccc(CNC(=O)Nc2ccc(O)cc2)c1. The van der Waals surface area contributed by atoms with Crippen molar-refractivity contribution in [2.45, 2.75) is 6.54 Å². The van der Waals surface area contributed by atoms with Crippen LogP contribution in [0.1, 0.15) is 5.56 Å². The summed E-state index contributed by atoms with van der Waals surface area (Å²) in [6.45, 7) is 0.404. The zero-order chi connectivity index (χ0) is 14.4. The second kappa shape index (κ2) is 6.47. The van der Waals surface area contributed by atoms with E-state index in [-0.39, 0.29) is 11.8 Å². The molecule has 0 aliphatic carbocycles. The Bertz CT molecular complexity index is 582. The van der Waals surface area contributed by atoms with Crippen LogP contribution in [0.5, 0.6) is 11.5 Å². The van der Waals surface area contributed by atoms with E-state index in [1.165, 1.54) is 12.1 Å². The molecule has 0 radical (unpaired) electrons. The van der Waals surface area contributed by atoms with Crippen molar-refractivity contribution in [1.29, 1.82) is 0 Å². The second-order valence-electron chi connectivity index (χ2n) is 4.21. The van der Waals surface area contributed by atoms with Gasteiger partial charge in [-0.05, 0) is 42.0 Å². The van der Waals surface area contributed by atoms with Crippen LogP contribution >= 0.6 is 0 Å². The number of anilines is 1. The Morgan fingerprint density at radius 2 is 1.95 bits per heavy atom. The van der Waals surface area contributed by atoms with E-state index in [4.69, 9.17) is 9.84 Å². The summed E-state index contributed by atoms with van der Waals surface area (Å²) in [5, 5.41) is 14.6. The number of carbonyl (C=O) groups is 1. The Hall–Kier alpha value is -2.69. The molecule has 0 saturated heterocycles. The highest BCUT2D eigenvalue weighted by Gasteiger charge is 2.02. The van der Waals surface area contributed by atoms with Gasteiger partial charge in [-0.15, -0.1) is 0 Å². The molecule has 104 valence electrons. The molecule has 0 heterocycles. The molecule has 3 N–H and O–H groups in total. The van der Waals surface area contributed by atoms with Crippen LogP contribution in [-0.2, 0) is 6.54 Å². The fourth-order valence-corrected chi connectivity index (χ4v) is 1.68. The largest absolute Gasteiger partial charge is 0.508 e. The van der Waals surface area contributed by atoms with Crippen molar-refractivity contribution in [3.05, 3.63) is 54.1 Å². The molecular formula is C15H16N2O3. The van der Waals surface area contributed by atoms with E-state index in [9.17, 15) is 4.79 Å². The molecule has 0 spiro atoms. The summed E-state index contributed by atoms with van der Waals surface area (Å²) < 4.78 is 5.12. The van der Waals surface area contributed by atoms with E-state index < -0.39 is 0 Å². The standard InChI is InChI=1S/C15H16N2O3/c1-20-14-4-2-3-11(9-14)10-16-15(19)17-12-5-7-13(18)8-6-12/h2-9,18H,10H2,1H3,(H2,16,17,19). The van der Waals surface area contributed by atoms with Crippen molar-refractivity contribution in [3.63, 3.8) is 0 Å². The van der Waals surface area contributed by atoms with Crippen molar-refractivity contribution >= 4 is 11.7 Å². The van der Waals surface area contributed by atoms with Gasteiger partial charge in [0.25, 0.3) is 0 Å². The number of hydrogen-bond donors (Lipinski definition) is 3. The molecule has 0 aliphatic rings. The van der Waals surface area contributed by atoms with Gasteiger partial charge in [-0.1, -0.05) is 12.1 Å². The molecule has 2 rings (SSSR count). The number of phenols is 1. The number of benzene rings is 2. The molecule has 0 aliphatic heterocycles. The number of phenolic OH excluding ortho intramolecular Hbond substituents is 1. The minimum absolute atomic E-state index is 0.160. The van der Waals surface area contributed by atoms with Crippen molar-refractivity contribution in [3.8, 4) is 11.5 Å². The molecule has 5 nitrogen and oxygen atoms in total. The number of amides is 2. The number of nitrogens with one attached hydrogen (secondary N) is 2. The summed E-state index contributed by atoms with van der Waals surface area (Å²) in [6, 6.07) is 13.5. The maximum atomic E-state index is 11.7. The predicted molar refractivity (Wildman–Crippen MR) is 77.0 cm³/mol. The van der Waals surface area contributed by atoms with Gasteiger partial charge in [0.2, 0.25) is 0 Å². The van der Waals surface area contributed by atoms with Crippen LogP contribution in [0.2, 0.25) is 0 Å². The Balaban J connectivity index is 1.87. The van der Waals surface area contributed by atoms with E-state index >= 15 is 0 Å². The van der Waals surface area contributed by atoms with Crippen LogP contribution in [-0.4, -0.2) is 18.2 Å². The second-order valence-corrected chi connectivity index (χ2v) is 4.21. The number of rotatable bonds is 4. The van der Waals surface area contributed by atoms with Crippen LogP contribution < -0.4 is 15.4 Å². The predicted octanol–water partition coefficient (Wildman–Crippen LogP) is 2.72. The molecular weight excluding hydrogens is 256 g/mol. The maximum Gasteiger partial charge on any atom is 0.319 e. The fourth-order valence-electron chi connectivity index (χ4n) is 1.68. The first-order valence-electron chi connectivity index (χ1n) is 6.14. The van der Waals surface area contributed by atoms with Gasteiger partial charge in [-0.3, -0.25) is 0 Å². The van der Waals surface area contributed by atoms with Crippen molar-refractivity contribution in [1.82, 2.24) is 5.32 Å². The summed E-state index contributed by atoms with van der Waals surface area (Å²) in [5.41, 5.74) is 1.57. The number of methoxy groups -OCH3 is 1. The molecule has 2 aromatic rings. The third kappa shape index (κ3) is 3.91. The minimum atomic E-state index is -0.307. The van der Waals surface area contributed by atoms with E-state index in [1.807, 2.05) is 24.3 Å². The molecule has 0 atom stereocenters. The van der Waals surface area contributed by atoms with Gasteiger partial charge in [0.05, 0.1) is 7.11 Å². The highest BCUT2D eigenvalue weighted by Crippen LogP contribution is 2.14. The van der Waals surface area contributed by atoms with Crippen LogP contribution in [0.4, 0.5) is 10.5 Å².